The third-order valence-electron chi connectivity index (χ3n) is 4.87. The number of para-hydroxylation sites is 1. The largest absolute Gasteiger partial charge is 0.323 e. The van der Waals surface area contributed by atoms with Crippen LogP contribution in [0.4, 0.5) is 20.2 Å². The third-order valence-corrected chi connectivity index (χ3v) is 6.31. The number of hydrogen-bond donors (Lipinski definition) is 1. The van der Waals surface area contributed by atoms with E-state index in [-0.39, 0.29) is 30.4 Å². The van der Waals surface area contributed by atoms with Crippen molar-refractivity contribution in [1.82, 2.24) is 4.90 Å². The molecule has 0 aromatic heterocycles. The molecule has 3 aromatic carbocycles. The van der Waals surface area contributed by atoms with E-state index in [1.54, 1.807) is 42.5 Å². The van der Waals surface area contributed by atoms with Crippen LogP contribution in [0.25, 0.3) is 0 Å². The predicted molar refractivity (Wildman–Crippen MR) is 127 cm³/mol. The number of carbonyl (C=O) groups excluding carboxylic acids is 2. The molecule has 0 saturated carbocycles. The van der Waals surface area contributed by atoms with E-state index in [1.807, 2.05) is 0 Å². The van der Waals surface area contributed by atoms with Crippen LogP contribution in [0, 0.1) is 11.6 Å². The van der Waals surface area contributed by atoms with Crippen LogP contribution in [0.2, 0.25) is 5.02 Å². The fraction of sp³-hybridized carbons (Fsp3) is 0.125. The van der Waals surface area contributed by atoms with Crippen LogP contribution in [0.5, 0.6) is 0 Å². The number of thioether (sulfide) groups is 1. The molecule has 0 radical (unpaired) electrons. The number of amides is 2. The Hall–Kier alpha value is -3.23. The topological polar surface area (TPSA) is 61.8 Å². The lowest BCUT2D eigenvalue weighted by molar-refractivity contribution is -0.129. The highest BCUT2D eigenvalue weighted by molar-refractivity contribution is 8.15. The number of halogens is 3. The molecule has 0 spiro atoms. The van der Waals surface area contributed by atoms with Gasteiger partial charge in [0.1, 0.15) is 16.9 Å². The Morgan fingerprint density at radius 1 is 1.06 bits per heavy atom. The highest BCUT2D eigenvalue weighted by Gasteiger charge is 2.36. The molecule has 1 fully saturated rings. The zero-order chi connectivity index (χ0) is 23.4. The zero-order valence-corrected chi connectivity index (χ0v) is 18.7. The molecule has 1 N–H and O–H groups in total. The lowest BCUT2D eigenvalue weighted by Gasteiger charge is -2.32. The quantitative estimate of drug-likeness (QED) is 0.498. The van der Waals surface area contributed by atoms with Crippen molar-refractivity contribution < 1.29 is 18.4 Å². The molecule has 9 heteroatoms. The van der Waals surface area contributed by atoms with Crippen molar-refractivity contribution >= 4 is 51.7 Å². The minimum absolute atomic E-state index is 0.0421. The van der Waals surface area contributed by atoms with Crippen molar-refractivity contribution in [3.8, 4) is 0 Å². The van der Waals surface area contributed by atoms with E-state index in [9.17, 15) is 18.4 Å². The SMILES string of the molecule is O=C(Nc1ccccc1F)C1CC(=O)N(Cc2ccc(F)cc2)C(=Nc2ccc(Cl)cc2)S1. The van der Waals surface area contributed by atoms with Gasteiger partial charge in [0.05, 0.1) is 17.9 Å². The van der Waals surface area contributed by atoms with Gasteiger partial charge in [-0.15, -0.1) is 0 Å². The van der Waals surface area contributed by atoms with E-state index in [0.717, 1.165) is 11.8 Å². The minimum atomic E-state index is -0.798. The van der Waals surface area contributed by atoms with Gasteiger partial charge in [-0.3, -0.25) is 14.5 Å². The van der Waals surface area contributed by atoms with Crippen LogP contribution < -0.4 is 5.32 Å². The molecule has 168 valence electrons. The van der Waals surface area contributed by atoms with Gasteiger partial charge in [-0.05, 0) is 54.1 Å². The number of hydrogen-bond acceptors (Lipinski definition) is 4. The summed E-state index contributed by atoms with van der Waals surface area (Å²) >= 11 is 7.06. The summed E-state index contributed by atoms with van der Waals surface area (Å²) in [6, 6.07) is 18.4. The van der Waals surface area contributed by atoms with Gasteiger partial charge in [0.15, 0.2) is 5.17 Å². The van der Waals surface area contributed by atoms with Gasteiger partial charge in [-0.1, -0.05) is 47.6 Å². The Labute approximate surface area is 198 Å². The van der Waals surface area contributed by atoms with Crippen molar-refractivity contribution in [2.45, 2.75) is 18.2 Å². The second kappa shape index (κ2) is 10.1. The van der Waals surface area contributed by atoms with Crippen LogP contribution in [-0.4, -0.2) is 27.1 Å². The van der Waals surface area contributed by atoms with Gasteiger partial charge in [-0.2, -0.15) is 0 Å². The lowest BCUT2D eigenvalue weighted by Crippen LogP contribution is -2.44. The smallest absolute Gasteiger partial charge is 0.238 e. The Balaban J connectivity index is 1.60. The van der Waals surface area contributed by atoms with Crippen LogP contribution in [0.15, 0.2) is 77.8 Å². The molecule has 1 unspecified atom stereocenters. The number of carbonyl (C=O) groups is 2. The van der Waals surface area contributed by atoms with Gasteiger partial charge >= 0.3 is 0 Å². The van der Waals surface area contributed by atoms with Crippen molar-refractivity contribution in [1.29, 1.82) is 0 Å². The van der Waals surface area contributed by atoms with Crippen molar-refractivity contribution in [2.75, 3.05) is 5.32 Å². The second-order valence-corrected chi connectivity index (χ2v) is 8.86. The normalized spacial score (nSPS) is 17.3. The molecule has 33 heavy (non-hydrogen) atoms. The van der Waals surface area contributed by atoms with E-state index in [4.69, 9.17) is 11.6 Å². The Kier molecular flexibility index (Phi) is 7.05. The Morgan fingerprint density at radius 3 is 2.45 bits per heavy atom. The van der Waals surface area contributed by atoms with Crippen molar-refractivity contribution in [2.24, 2.45) is 4.99 Å². The molecule has 1 aliphatic rings. The minimum Gasteiger partial charge on any atom is -0.323 e. The van der Waals surface area contributed by atoms with Crippen LogP contribution in [0.1, 0.15) is 12.0 Å². The summed E-state index contributed by atoms with van der Waals surface area (Å²) in [6.45, 7) is 0.167. The number of amidine groups is 1. The van der Waals surface area contributed by atoms with Crippen molar-refractivity contribution in [3.63, 3.8) is 0 Å². The summed E-state index contributed by atoms with van der Waals surface area (Å²) in [4.78, 5) is 31.9. The first kappa shape index (κ1) is 22.9. The maximum absolute atomic E-state index is 14.0. The lowest BCUT2D eigenvalue weighted by atomic mass is 10.2. The standard InChI is InChI=1S/C24H18ClF2N3O2S/c25-16-7-11-18(12-8-16)28-24-30(14-15-5-9-17(26)10-6-15)22(31)13-21(33-24)23(32)29-20-4-2-1-3-19(20)27/h1-12,21H,13-14H2,(H,29,32). The maximum atomic E-state index is 14.0. The number of aliphatic imine (C=N–C) groups is 1. The number of nitrogens with one attached hydrogen (secondary N) is 1. The predicted octanol–water partition coefficient (Wildman–Crippen LogP) is 5.78. The van der Waals surface area contributed by atoms with Crippen LogP contribution in [-0.2, 0) is 16.1 Å². The fourth-order valence-electron chi connectivity index (χ4n) is 3.17. The van der Waals surface area contributed by atoms with E-state index in [1.165, 1.54) is 35.2 Å². The van der Waals surface area contributed by atoms with Crippen LogP contribution in [0.3, 0.4) is 0 Å². The van der Waals surface area contributed by atoms with Gasteiger partial charge < -0.3 is 5.32 Å². The molecule has 1 atom stereocenters. The van der Waals surface area contributed by atoms with E-state index in [0.29, 0.717) is 21.4 Å². The van der Waals surface area contributed by atoms with Crippen molar-refractivity contribution in [3.05, 3.63) is 95.0 Å². The molecule has 0 bridgehead atoms. The van der Waals surface area contributed by atoms with Crippen LogP contribution >= 0.6 is 23.4 Å². The average molecular weight is 486 g/mol. The first-order chi connectivity index (χ1) is 15.9. The molecule has 0 aliphatic carbocycles. The Morgan fingerprint density at radius 2 is 1.76 bits per heavy atom. The summed E-state index contributed by atoms with van der Waals surface area (Å²) in [5.41, 5.74) is 1.30. The van der Waals surface area contributed by atoms with E-state index < -0.39 is 17.0 Å². The van der Waals surface area contributed by atoms with Gasteiger partial charge in [0.2, 0.25) is 11.8 Å². The Bertz CT molecular complexity index is 1200. The first-order valence-electron chi connectivity index (χ1n) is 10.00. The van der Waals surface area contributed by atoms with Gasteiger partial charge in [-0.25, -0.2) is 13.8 Å². The number of benzene rings is 3. The zero-order valence-electron chi connectivity index (χ0n) is 17.2. The molecule has 1 heterocycles. The average Bonchev–Trinajstić information content (AvgIpc) is 2.80. The molecular weight excluding hydrogens is 468 g/mol. The monoisotopic (exact) mass is 485 g/mol. The first-order valence-corrected chi connectivity index (χ1v) is 11.3. The molecule has 3 aromatic rings. The summed E-state index contributed by atoms with van der Waals surface area (Å²) in [5, 5.41) is 2.60. The summed E-state index contributed by atoms with van der Waals surface area (Å²) in [7, 11) is 0. The van der Waals surface area contributed by atoms with Gasteiger partial charge in [0, 0.05) is 11.4 Å². The number of nitrogens with zero attached hydrogens (tertiary/aromatic N) is 2. The molecule has 1 aliphatic heterocycles. The van der Waals surface area contributed by atoms with E-state index >= 15 is 0 Å². The second-order valence-electron chi connectivity index (χ2n) is 7.26. The molecular formula is C24H18ClF2N3O2S. The molecule has 5 nitrogen and oxygen atoms in total. The number of anilines is 1. The summed E-state index contributed by atoms with van der Waals surface area (Å²) < 4.78 is 27.3. The van der Waals surface area contributed by atoms with E-state index in [2.05, 4.69) is 10.3 Å². The highest BCUT2D eigenvalue weighted by atomic mass is 35.5. The fourth-order valence-corrected chi connectivity index (χ4v) is 4.40. The van der Waals surface area contributed by atoms with Gasteiger partial charge in [0.25, 0.3) is 0 Å². The maximum Gasteiger partial charge on any atom is 0.238 e. The number of rotatable bonds is 5. The summed E-state index contributed by atoms with van der Waals surface area (Å²) in [5.74, 6) is -1.76. The highest BCUT2D eigenvalue weighted by Crippen LogP contribution is 2.31. The molecule has 2 amide bonds. The summed E-state index contributed by atoms with van der Waals surface area (Å²) in [6.07, 6.45) is -0.0915. The molecule has 1 saturated heterocycles. The molecule has 4 rings (SSSR count). The third kappa shape index (κ3) is 5.77.